The minimum absolute atomic E-state index is 0.154. The Labute approximate surface area is 120 Å². The molecule has 6 nitrogen and oxygen atoms in total. The lowest BCUT2D eigenvalue weighted by atomic mass is 10.1. The van der Waals surface area contributed by atoms with Crippen molar-refractivity contribution in [1.82, 2.24) is 19.6 Å². The fraction of sp³-hybridized carbons (Fsp3) is 0.714. The third-order valence-corrected chi connectivity index (χ3v) is 4.31. The number of carbonyl (C=O) groups excluding carboxylic acids is 1. The van der Waals surface area contributed by atoms with Gasteiger partial charge in [-0.15, -0.1) is 0 Å². The van der Waals surface area contributed by atoms with Gasteiger partial charge in [0.15, 0.2) is 0 Å². The molecule has 20 heavy (non-hydrogen) atoms. The lowest BCUT2D eigenvalue weighted by molar-refractivity contribution is -0.131. The lowest BCUT2D eigenvalue weighted by Gasteiger charge is -2.30. The number of aromatic nitrogens is 2. The van der Waals surface area contributed by atoms with E-state index in [1.165, 1.54) is 0 Å². The molecule has 1 fully saturated rings. The van der Waals surface area contributed by atoms with Crippen molar-refractivity contribution in [2.24, 2.45) is 7.05 Å². The van der Waals surface area contributed by atoms with Gasteiger partial charge in [0, 0.05) is 44.1 Å². The maximum atomic E-state index is 12.4. The highest BCUT2D eigenvalue weighted by molar-refractivity contribution is 5.79. The van der Waals surface area contributed by atoms with E-state index >= 15 is 0 Å². The molecule has 0 spiro atoms. The molecule has 2 rings (SSSR count). The van der Waals surface area contributed by atoms with Crippen molar-refractivity contribution >= 4 is 5.91 Å². The first-order valence-corrected chi connectivity index (χ1v) is 7.12. The molecule has 2 heterocycles. The highest BCUT2D eigenvalue weighted by atomic mass is 16.3. The second-order valence-electron chi connectivity index (χ2n) is 5.51. The number of nitrogens with zero attached hydrogens (tertiary/aromatic N) is 4. The minimum atomic E-state index is 0.154. The summed E-state index contributed by atoms with van der Waals surface area (Å²) in [5, 5.41) is 13.1. The number of rotatable bonds is 5. The van der Waals surface area contributed by atoms with Gasteiger partial charge in [0.25, 0.3) is 0 Å². The number of amides is 1. The Morgan fingerprint density at radius 2 is 2.35 bits per heavy atom. The van der Waals surface area contributed by atoms with Crippen molar-refractivity contribution in [1.29, 1.82) is 0 Å². The molecule has 0 radical (unpaired) electrons. The molecule has 112 valence electrons. The van der Waals surface area contributed by atoms with E-state index in [1.807, 2.05) is 25.1 Å². The quantitative estimate of drug-likeness (QED) is 0.816. The van der Waals surface area contributed by atoms with Crippen molar-refractivity contribution in [3.8, 4) is 0 Å². The molecule has 0 aromatic carbocycles. The van der Waals surface area contributed by atoms with Crippen molar-refractivity contribution in [2.75, 3.05) is 26.7 Å². The number of hydrogen-bond donors (Lipinski definition) is 1. The average molecular weight is 280 g/mol. The Balaban J connectivity index is 1.96. The zero-order valence-corrected chi connectivity index (χ0v) is 12.5. The van der Waals surface area contributed by atoms with Gasteiger partial charge in [0.2, 0.25) is 5.91 Å². The number of likely N-dealkylation sites (N-methyl/N-ethyl adjacent to an activating group) is 1. The minimum Gasteiger partial charge on any atom is -0.395 e. The Bertz CT molecular complexity index is 460. The summed E-state index contributed by atoms with van der Waals surface area (Å²) in [6.07, 6.45) is 3.08. The summed E-state index contributed by atoms with van der Waals surface area (Å²) in [6.45, 7) is 3.69. The van der Waals surface area contributed by atoms with E-state index in [2.05, 4.69) is 16.9 Å². The van der Waals surface area contributed by atoms with E-state index < -0.39 is 0 Å². The van der Waals surface area contributed by atoms with Crippen LogP contribution in [0.1, 0.15) is 19.0 Å². The smallest absolute Gasteiger partial charge is 0.228 e. The molecule has 6 heteroatoms. The third-order valence-electron chi connectivity index (χ3n) is 4.31. The zero-order valence-electron chi connectivity index (χ0n) is 12.5. The van der Waals surface area contributed by atoms with Crippen molar-refractivity contribution in [2.45, 2.75) is 31.8 Å². The van der Waals surface area contributed by atoms with Crippen LogP contribution >= 0.6 is 0 Å². The van der Waals surface area contributed by atoms with Gasteiger partial charge in [-0.3, -0.25) is 14.4 Å². The van der Waals surface area contributed by atoms with Crippen molar-refractivity contribution in [3.63, 3.8) is 0 Å². The molecule has 1 saturated heterocycles. The second-order valence-corrected chi connectivity index (χ2v) is 5.51. The molecule has 0 aliphatic carbocycles. The number of likely N-dealkylation sites (tertiary alicyclic amines) is 1. The molecule has 0 bridgehead atoms. The topological polar surface area (TPSA) is 61.6 Å². The van der Waals surface area contributed by atoms with Gasteiger partial charge in [-0.25, -0.2) is 0 Å². The Kier molecular flexibility index (Phi) is 4.77. The third kappa shape index (κ3) is 3.02. The van der Waals surface area contributed by atoms with Gasteiger partial charge in [-0.05, 0) is 26.5 Å². The van der Waals surface area contributed by atoms with E-state index in [0.29, 0.717) is 19.0 Å². The summed E-state index contributed by atoms with van der Waals surface area (Å²) in [6, 6.07) is 2.40. The summed E-state index contributed by atoms with van der Waals surface area (Å²) in [5.74, 6) is 0.154. The Morgan fingerprint density at radius 1 is 1.60 bits per heavy atom. The van der Waals surface area contributed by atoms with Crippen LogP contribution in [0, 0.1) is 0 Å². The second kappa shape index (κ2) is 6.37. The van der Waals surface area contributed by atoms with Crippen molar-refractivity contribution < 1.29 is 9.90 Å². The van der Waals surface area contributed by atoms with Crippen LogP contribution in [0.5, 0.6) is 0 Å². The van der Waals surface area contributed by atoms with Crippen LogP contribution in [0.3, 0.4) is 0 Å². The molecule has 0 saturated carbocycles. The molecule has 0 unspecified atom stereocenters. The molecule has 2 atom stereocenters. The maximum Gasteiger partial charge on any atom is 0.228 e. The van der Waals surface area contributed by atoms with E-state index in [-0.39, 0.29) is 18.6 Å². The van der Waals surface area contributed by atoms with Gasteiger partial charge < -0.3 is 10.0 Å². The largest absolute Gasteiger partial charge is 0.395 e. The average Bonchev–Trinajstić information content (AvgIpc) is 2.97. The monoisotopic (exact) mass is 280 g/mol. The fourth-order valence-electron chi connectivity index (χ4n) is 3.02. The molecule has 1 aromatic heterocycles. The molecule has 1 aromatic rings. The van der Waals surface area contributed by atoms with Crippen LogP contribution in [0.25, 0.3) is 0 Å². The van der Waals surface area contributed by atoms with Gasteiger partial charge in [-0.2, -0.15) is 5.10 Å². The molecule has 1 amide bonds. The van der Waals surface area contributed by atoms with E-state index in [9.17, 15) is 4.79 Å². The molecule has 1 N–H and O–H groups in total. The normalized spacial score (nSPS) is 22.8. The van der Waals surface area contributed by atoms with Crippen LogP contribution < -0.4 is 0 Å². The van der Waals surface area contributed by atoms with Crippen LogP contribution in [-0.2, 0) is 18.3 Å². The van der Waals surface area contributed by atoms with Crippen LogP contribution in [0.2, 0.25) is 0 Å². The number of aryl methyl sites for hydroxylation is 1. The van der Waals surface area contributed by atoms with Gasteiger partial charge in [0.05, 0.1) is 13.0 Å². The fourth-order valence-corrected chi connectivity index (χ4v) is 3.02. The maximum absolute atomic E-state index is 12.4. The Hall–Kier alpha value is -1.40. The summed E-state index contributed by atoms with van der Waals surface area (Å²) in [7, 11) is 3.86. The summed E-state index contributed by atoms with van der Waals surface area (Å²) in [5.41, 5.74) is 0.939. The SMILES string of the molecule is C[C@@H]1[C@H](N(C)CCO)CCN1C(=O)Cc1ccnn1C. The van der Waals surface area contributed by atoms with Gasteiger partial charge in [-0.1, -0.05) is 0 Å². The highest BCUT2D eigenvalue weighted by Gasteiger charge is 2.35. The van der Waals surface area contributed by atoms with E-state index in [4.69, 9.17) is 5.11 Å². The van der Waals surface area contributed by atoms with E-state index in [1.54, 1.807) is 10.9 Å². The first-order chi connectivity index (χ1) is 9.54. The number of carbonyl (C=O) groups is 1. The van der Waals surface area contributed by atoms with E-state index in [0.717, 1.165) is 18.7 Å². The lowest BCUT2D eigenvalue weighted by Crippen LogP contribution is -2.45. The summed E-state index contributed by atoms with van der Waals surface area (Å²) in [4.78, 5) is 16.5. The highest BCUT2D eigenvalue weighted by Crippen LogP contribution is 2.22. The van der Waals surface area contributed by atoms with Crippen LogP contribution in [0.15, 0.2) is 12.3 Å². The number of aliphatic hydroxyl groups is 1. The predicted octanol–water partition coefficient (Wildman–Crippen LogP) is -0.124. The molecular weight excluding hydrogens is 256 g/mol. The standard InChI is InChI=1S/C14H24N4O2/c1-11-13(16(2)8-9-19)5-7-18(11)14(20)10-12-4-6-15-17(12)3/h4,6,11,13,19H,5,7-10H2,1-3H3/t11-,13-/m1/s1. The zero-order chi connectivity index (χ0) is 14.7. The molecule has 1 aliphatic heterocycles. The number of aliphatic hydroxyl groups excluding tert-OH is 1. The van der Waals surface area contributed by atoms with Gasteiger partial charge >= 0.3 is 0 Å². The van der Waals surface area contributed by atoms with Gasteiger partial charge in [0.1, 0.15) is 0 Å². The number of hydrogen-bond acceptors (Lipinski definition) is 4. The first kappa shape index (κ1) is 15.0. The van der Waals surface area contributed by atoms with Crippen LogP contribution in [-0.4, -0.2) is 69.4 Å². The molecule has 1 aliphatic rings. The summed E-state index contributed by atoms with van der Waals surface area (Å²) >= 11 is 0. The Morgan fingerprint density at radius 3 is 2.95 bits per heavy atom. The first-order valence-electron chi connectivity index (χ1n) is 7.12. The predicted molar refractivity (Wildman–Crippen MR) is 76.2 cm³/mol. The summed E-state index contributed by atoms with van der Waals surface area (Å²) < 4.78 is 1.74. The molecular formula is C14H24N4O2. The van der Waals surface area contributed by atoms with Crippen molar-refractivity contribution in [3.05, 3.63) is 18.0 Å². The van der Waals surface area contributed by atoms with Crippen LogP contribution in [0.4, 0.5) is 0 Å².